The third kappa shape index (κ3) is 2.20. The Hall–Kier alpha value is -2.30. The number of hydrogen-bond acceptors (Lipinski definition) is 3. The van der Waals surface area contributed by atoms with E-state index in [1.165, 1.54) is 6.33 Å². The molecule has 1 aromatic carbocycles. The molecule has 1 heterocycles. The summed E-state index contributed by atoms with van der Waals surface area (Å²) in [6, 6.07) is 7.51. The van der Waals surface area contributed by atoms with Gasteiger partial charge in [0, 0.05) is 5.56 Å². The van der Waals surface area contributed by atoms with E-state index in [0.717, 1.165) is 11.3 Å². The van der Waals surface area contributed by atoms with Crippen LogP contribution >= 0.6 is 0 Å². The first kappa shape index (κ1) is 12.2. The van der Waals surface area contributed by atoms with Crippen molar-refractivity contribution in [3.05, 3.63) is 47.5 Å². The van der Waals surface area contributed by atoms with Gasteiger partial charge in [-0.3, -0.25) is 0 Å². The summed E-state index contributed by atoms with van der Waals surface area (Å²) < 4.78 is 6.85. The molecule has 1 N–H and O–H groups in total. The second kappa shape index (κ2) is 4.91. The molecule has 0 radical (unpaired) electrons. The molecule has 0 aliphatic carbocycles. The van der Waals surface area contributed by atoms with Crippen molar-refractivity contribution in [2.24, 2.45) is 0 Å². The van der Waals surface area contributed by atoms with Crippen molar-refractivity contribution in [3.63, 3.8) is 0 Å². The van der Waals surface area contributed by atoms with Gasteiger partial charge in [0.25, 0.3) is 0 Å². The van der Waals surface area contributed by atoms with Crippen LogP contribution in [0.15, 0.2) is 30.6 Å². The van der Waals surface area contributed by atoms with Crippen molar-refractivity contribution in [1.29, 1.82) is 0 Å². The highest BCUT2D eigenvalue weighted by Gasteiger charge is 2.15. The number of carboxylic acids is 1. The Bertz CT molecular complexity index is 575. The SMILES string of the molecule is COc1ccccc1Cn1cnc(C)c1C(=O)O. The lowest BCUT2D eigenvalue weighted by Gasteiger charge is -2.10. The zero-order valence-corrected chi connectivity index (χ0v) is 10.3. The predicted molar refractivity (Wildman–Crippen MR) is 66.0 cm³/mol. The highest BCUT2D eigenvalue weighted by molar-refractivity contribution is 5.86. The number of benzene rings is 1. The molecule has 0 bridgehead atoms. The van der Waals surface area contributed by atoms with Crippen molar-refractivity contribution >= 4 is 5.97 Å². The molecule has 5 heteroatoms. The van der Waals surface area contributed by atoms with Crippen LogP contribution in [0.4, 0.5) is 0 Å². The predicted octanol–water partition coefficient (Wildman–Crippen LogP) is 1.95. The number of para-hydroxylation sites is 1. The number of nitrogens with zero attached hydrogens (tertiary/aromatic N) is 2. The molecule has 0 aliphatic heterocycles. The van der Waals surface area contributed by atoms with Crippen LogP contribution in [0.3, 0.4) is 0 Å². The van der Waals surface area contributed by atoms with E-state index in [1.54, 1.807) is 18.6 Å². The molecular weight excluding hydrogens is 232 g/mol. The van der Waals surface area contributed by atoms with Gasteiger partial charge in [-0.05, 0) is 13.0 Å². The van der Waals surface area contributed by atoms with Gasteiger partial charge in [0.2, 0.25) is 0 Å². The Morgan fingerprint density at radius 3 is 2.83 bits per heavy atom. The molecular formula is C13H14N2O3. The van der Waals surface area contributed by atoms with Gasteiger partial charge >= 0.3 is 5.97 Å². The first-order valence-electron chi connectivity index (χ1n) is 5.50. The van der Waals surface area contributed by atoms with E-state index in [4.69, 9.17) is 9.84 Å². The number of ether oxygens (including phenoxy) is 1. The average molecular weight is 246 g/mol. The number of imidazole rings is 1. The smallest absolute Gasteiger partial charge is 0.354 e. The van der Waals surface area contributed by atoms with Gasteiger partial charge in [0.1, 0.15) is 11.4 Å². The fourth-order valence-corrected chi connectivity index (χ4v) is 1.90. The van der Waals surface area contributed by atoms with Gasteiger partial charge in [-0.25, -0.2) is 9.78 Å². The number of aryl methyl sites for hydroxylation is 1. The topological polar surface area (TPSA) is 64.4 Å². The minimum Gasteiger partial charge on any atom is -0.496 e. The van der Waals surface area contributed by atoms with Crippen LogP contribution in [0.25, 0.3) is 0 Å². The van der Waals surface area contributed by atoms with Crippen molar-refractivity contribution in [3.8, 4) is 5.75 Å². The molecule has 0 atom stereocenters. The fraction of sp³-hybridized carbons (Fsp3) is 0.231. The summed E-state index contributed by atoms with van der Waals surface area (Å²) in [6.07, 6.45) is 1.53. The van der Waals surface area contributed by atoms with Gasteiger partial charge in [-0.2, -0.15) is 0 Å². The first-order chi connectivity index (χ1) is 8.63. The molecule has 0 spiro atoms. The van der Waals surface area contributed by atoms with Crippen molar-refractivity contribution < 1.29 is 14.6 Å². The molecule has 1 aromatic heterocycles. The average Bonchev–Trinajstić information content (AvgIpc) is 2.71. The van der Waals surface area contributed by atoms with Crippen LogP contribution in [0.2, 0.25) is 0 Å². The van der Waals surface area contributed by atoms with Gasteiger partial charge in [-0.15, -0.1) is 0 Å². The van der Waals surface area contributed by atoms with E-state index >= 15 is 0 Å². The van der Waals surface area contributed by atoms with Crippen molar-refractivity contribution in [2.75, 3.05) is 7.11 Å². The number of hydrogen-bond donors (Lipinski definition) is 1. The Balaban J connectivity index is 2.37. The molecule has 0 unspecified atom stereocenters. The van der Waals surface area contributed by atoms with E-state index in [-0.39, 0.29) is 5.69 Å². The second-order valence-corrected chi connectivity index (χ2v) is 3.92. The van der Waals surface area contributed by atoms with Crippen molar-refractivity contribution in [2.45, 2.75) is 13.5 Å². The third-order valence-corrected chi connectivity index (χ3v) is 2.76. The molecule has 5 nitrogen and oxygen atoms in total. The molecule has 2 aromatic rings. The lowest BCUT2D eigenvalue weighted by atomic mass is 10.2. The maximum Gasteiger partial charge on any atom is 0.354 e. The summed E-state index contributed by atoms with van der Waals surface area (Å²) in [5, 5.41) is 9.15. The minimum atomic E-state index is -0.972. The standard InChI is InChI=1S/C13H14N2O3/c1-9-12(13(16)17)15(8-14-9)7-10-5-3-4-6-11(10)18-2/h3-6,8H,7H2,1-2H3,(H,16,17). The fourth-order valence-electron chi connectivity index (χ4n) is 1.90. The molecule has 18 heavy (non-hydrogen) atoms. The Morgan fingerprint density at radius 2 is 2.17 bits per heavy atom. The minimum absolute atomic E-state index is 0.209. The Kier molecular flexibility index (Phi) is 3.32. The molecule has 0 saturated carbocycles. The lowest BCUT2D eigenvalue weighted by Crippen LogP contribution is -2.10. The van der Waals surface area contributed by atoms with E-state index in [1.807, 2.05) is 24.3 Å². The van der Waals surface area contributed by atoms with Crippen LogP contribution < -0.4 is 4.74 Å². The van der Waals surface area contributed by atoms with Crippen LogP contribution in [0.1, 0.15) is 21.7 Å². The van der Waals surface area contributed by atoms with Gasteiger partial charge in [-0.1, -0.05) is 18.2 Å². The Labute approximate surface area is 105 Å². The highest BCUT2D eigenvalue weighted by Crippen LogP contribution is 2.19. The summed E-state index contributed by atoms with van der Waals surface area (Å²) in [5.41, 5.74) is 1.64. The maximum atomic E-state index is 11.2. The monoisotopic (exact) mass is 246 g/mol. The van der Waals surface area contributed by atoms with Gasteiger partial charge in [0.15, 0.2) is 0 Å². The summed E-state index contributed by atoms with van der Waals surface area (Å²) >= 11 is 0. The molecule has 0 amide bonds. The van der Waals surface area contributed by atoms with E-state index in [2.05, 4.69) is 4.98 Å². The van der Waals surface area contributed by atoms with Crippen molar-refractivity contribution in [1.82, 2.24) is 9.55 Å². The quantitative estimate of drug-likeness (QED) is 0.895. The number of methoxy groups -OCH3 is 1. The lowest BCUT2D eigenvalue weighted by molar-refractivity contribution is 0.0684. The number of carbonyl (C=O) groups is 1. The molecule has 0 aliphatic rings. The number of rotatable bonds is 4. The summed E-state index contributed by atoms with van der Waals surface area (Å²) in [6.45, 7) is 2.11. The highest BCUT2D eigenvalue weighted by atomic mass is 16.5. The van der Waals surface area contributed by atoms with Crippen LogP contribution in [-0.4, -0.2) is 27.7 Å². The normalized spacial score (nSPS) is 10.3. The molecule has 94 valence electrons. The molecule has 0 fully saturated rings. The summed E-state index contributed by atoms with van der Waals surface area (Å²) in [4.78, 5) is 15.2. The molecule has 2 rings (SSSR count). The van der Waals surface area contributed by atoms with E-state index in [0.29, 0.717) is 12.2 Å². The van der Waals surface area contributed by atoms with E-state index in [9.17, 15) is 4.79 Å². The Morgan fingerprint density at radius 1 is 1.44 bits per heavy atom. The number of carboxylic acid groups (broad SMARTS) is 1. The molecule has 0 saturated heterocycles. The van der Waals surface area contributed by atoms with Gasteiger partial charge in [0.05, 0.1) is 25.7 Å². The summed E-state index contributed by atoms with van der Waals surface area (Å²) in [7, 11) is 1.59. The largest absolute Gasteiger partial charge is 0.496 e. The zero-order chi connectivity index (χ0) is 13.1. The first-order valence-corrected chi connectivity index (χ1v) is 5.50. The summed E-state index contributed by atoms with van der Waals surface area (Å²) in [5.74, 6) is -0.236. The van der Waals surface area contributed by atoms with Crippen LogP contribution in [0, 0.1) is 6.92 Å². The van der Waals surface area contributed by atoms with Crippen LogP contribution in [-0.2, 0) is 6.54 Å². The number of aromatic nitrogens is 2. The van der Waals surface area contributed by atoms with E-state index < -0.39 is 5.97 Å². The number of aromatic carboxylic acids is 1. The van der Waals surface area contributed by atoms with Crippen LogP contribution in [0.5, 0.6) is 5.75 Å². The third-order valence-electron chi connectivity index (χ3n) is 2.76. The van der Waals surface area contributed by atoms with Gasteiger partial charge < -0.3 is 14.4 Å². The zero-order valence-electron chi connectivity index (χ0n) is 10.3. The second-order valence-electron chi connectivity index (χ2n) is 3.92. The maximum absolute atomic E-state index is 11.2.